The van der Waals surface area contributed by atoms with E-state index in [0.717, 1.165) is 6.42 Å². The minimum absolute atomic E-state index is 0.174. The lowest BCUT2D eigenvalue weighted by molar-refractivity contribution is 0.669. The molecule has 2 aromatic carbocycles. The molecule has 3 aromatic rings. The largest absolute Gasteiger partial charge is 0.321 e. The predicted molar refractivity (Wildman–Crippen MR) is 76.6 cm³/mol. The van der Waals surface area contributed by atoms with Crippen LogP contribution in [0.1, 0.15) is 17.4 Å². The van der Waals surface area contributed by atoms with E-state index in [0.29, 0.717) is 5.82 Å². The summed E-state index contributed by atoms with van der Waals surface area (Å²) in [5, 5.41) is 2.48. The summed E-state index contributed by atoms with van der Waals surface area (Å²) in [6.07, 6.45) is 4.20. The number of rotatable bonds is 3. The Labute approximate surface area is 112 Å². The van der Waals surface area contributed by atoms with Gasteiger partial charge in [0.25, 0.3) is 0 Å². The molecule has 0 bridgehead atoms. The van der Waals surface area contributed by atoms with Crippen LogP contribution in [0.4, 0.5) is 0 Å². The highest BCUT2D eigenvalue weighted by Gasteiger charge is 2.11. The zero-order valence-corrected chi connectivity index (χ0v) is 10.5. The van der Waals surface area contributed by atoms with Gasteiger partial charge in [-0.3, -0.25) is 0 Å². The maximum Gasteiger partial charge on any atom is 0.145 e. The molecule has 0 radical (unpaired) electrons. The van der Waals surface area contributed by atoms with Crippen LogP contribution in [0.15, 0.2) is 60.9 Å². The summed E-state index contributed by atoms with van der Waals surface area (Å²) in [5.74, 6) is 0.690. The third-order valence-corrected chi connectivity index (χ3v) is 3.24. The molecule has 3 nitrogen and oxygen atoms in total. The van der Waals surface area contributed by atoms with Crippen molar-refractivity contribution in [3.8, 4) is 0 Å². The first-order valence-corrected chi connectivity index (χ1v) is 6.34. The highest BCUT2D eigenvalue weighted by atomic mass is 14.9. The van der Waals surface area contributed by atoms with Crippen LogP contribution >= 0.6 is 0 Å². The van der Waals surface area contributed by atoms with Crippen LogP contribution in [-0.4, -0.2) is 9.97 Å². The third kappa shape index (κ3) is 2.46. The molecular weight excluding hydrogens is 234 g/mol. The van der Waals surface area contributed by atoms with Gasteiger partial charge in [0.15, 0.2) is 0 Å². The fourth-order valence-electron chi connectivity index (χ4n) is 2.30. The summed E-state index contributed by atoms with van der Waals surface area (Å²) in [6, 6.07) is 16.3. The van der Waals surface area contributed by atoms with E-state index in [4.69, 9.17) is 5.73 Å². The highest BCUT2D eigenvalue weighted by Crippen LogP contribution is 2.22. The van der Waals surface area contributed by atoms with Gasteiger partial charge in [0.1, 0.15) is 5.82 Å². The monoisotopic (exact) mass is 249 g/mol. The van der Waals surface area contributed by atoms with Crippen LogP contribution in [0.5, 0.6) is 0 Å². The number of nitrogens with two attached hydrogens (primary N) is 1. The number of nitrogens with zero attached hydrogens (tertiary/aromatic N) is 2. The van der Waals surface area contributed by atoms with Gasteiger partial charge >= 0.3 is 0 Å². The van der Waals surface area contributed by atoms with Gasteiger partial charge < -0.3 is 5.73 Å². The van der Waals surface area contributed by atoms with Gasteiger partial charge in [0.2, 0.25) is 0 Å². The van der Waals surface area contributed by atoms with Crippen LogP contribution in [0.25, 0.3) is 10.8 Å². The van der Waals surface area contributed by atoms with Gasteiger partial charge in [-0.05, 0) is 28.8 Å². The molecule has 0 aliphatic carbocycles. The van der Waals surface area contributed by atoms with E-state index in [-0.39, 0.29) is 6.04 Å². The van der Waals surface area contributed by atoms with Crippen molar-refractivity contribution in [2.75, 3.05) is 0 Å². The Bertz CT molecular complexity index is 674. The molecule has 0 saturated heterocycles. The number of hydrogen-bond acceptors (Lipinski definition) is 3. The summed E-state index contributed by atoms with van der Waals surface area (Å²) >= 11 is 0. The van der Waals surface area contributed by atoms with E-state index in [9.17, 15) is 0 Å². The number of hydrogen-bond donors (Lipinski definition) is 1. The Morgan fingerprint density at radius 2 is 1.63 bits per heavy atom. The van der Waals surface area contributed by atoms with Crippen molar-refractivity contribution in [1.29, 1.82) is 0 Å². The van der Waals surface area contributed by atoms with Crippen LogP contribution in [0, 0.1) is 0 Å². The summed E-state index contributed by atoms with van der Waals surface area (Å²) in [4.78, 5) is 8.44. The van der Waals surface area contributed by atoms with Crippen molar-refractivity contribution in [2.45, 2.75) is 12.5 Å². The normalized spacial score (nSPS) is 12.5. The molecule has 0 aliphatic rings. The molecule has 0 amide bonds. The van der Waals surface area contributed by atoms with E-state index in [1.165, 1.54) is 16.3 Å². The van der Waals surface area contributed by atoms with Crippen molar-refractivity contribution in [2.24, 2.45) is 5.73 Å². The van der Waals surface area contributed by atoms with E-state index in [1.807, 2.05) is 6.07 Å². The van der Waals surface area contributed by atoms with E-state index in [1.54, 1.807) is 18.5 Å². The van der Waals surface area contributed by atoms with Crippen LogP contribution in [0.3, 0.4) is 0 Å². The number of fused-ring (bicyclic) bond motifs is 1. The summed E-state index contributed by atoms with van der Waals surface area (Å²) in [5.41, 5.74) is 7.43. The van der Waals surface area contributed by atoms with Crippen molar-refractivity contribution in [1.82, 2.24) is 9.97 Å². The third-order valence-electron chi connectivity index (χ3n) is 3.24. The molecule has 3 rings (SSSR count). The van der Waals surface area contributed by atoms with Crippen molar-refractivity contribution in [3.05, 3.63) is 72.3 Å². The topological polar surface area (TPSA) is 51.8 Å². The molecule has 94 valence electrons. The second-order valence-electron chi connectivity index (χ2n) is 4.56. The average Bonchev–Trinajstić information content (AvgIpc) is 2.48. The zero-order valence-electron chi connectivity index (χ0n) is 10.5. The molecule has 2 N–H and O–H groups in total. The fourth-order valence-corrected chi connectivity index (χ4v) is 2.30. The average molecular weight is 249 g/mol. The Morgan fingerprint density at radius 1 is 0.895 bits per heavy atom. The molecule has 3 heteroatoms. The highest BCUT2D eigenvalue weighted by molar-refractivity contribution is 5.85. The van der Waals surface area contributed by atoms with Crippen molar-refractivity contribution < 1.29 is 0 Å². The van der Waals surface area contributed by atoms with Crippen LogP contribution in [-0.2, 0) is 6.42 Å². The van der Waals surface area contributed by atoms with Crippen LogP contribution < -0.4 is 5.73 Å². The van der Waals surface area contributed by atoms with Gasteiger partial charge in [-0.15, -0.1) is 0 Å². The minimum Gasteiger partial charge on any atom is -0.321 e. The molecule has 1 unspecified atom stereocenters. The first-order valence-electron chi connectivity index (χ1n) is 6.34. The zero-order chi connectivity index (χ0) is 13.1. The van der Waals surface area contributed by atoms with E-state index in [2.05, 4.69) is 46.4 Å². The van der Waals surface area contributed by atoms with Gasteiger partial charge in [-0.2, -0.15) is 0 Å². The van der Waals surface area contributed by atoms with Gasteiger partial charge in [0.05, 0.1) is 6.04 Å². The second-order valence-corrected chi connectivity index (χ2v) is 4.56. The van der Waals surface area contributed by atoms with Crippen molar-refractivity contribution >= 4 is 10.8 Å². The van der Waals surface area contributed by atoms with Crippen molar-refractivity contribution in [3.63, 3.8) is 0 Å². The maximum atomic E-state index is 6.19. The number of aromatic nitrogens is 2. The summed E-state index contributed by atoms with van der Waals surface area (Å²) < 4.78 is 0. The quantitative estimate of drug-likeness (QED) is 0.776. The standard InChI is InChI=1S/C16H15N3/c17-15(16-18-9-4-10-19-16)11-13-7-3-6-12-5-1-2-8-14(12)13/h1-10,15H,11,17H2. The summed E-state index contributed by atoms with van der Waals surface area (Å²) in [7, 11) is 0. The molecule has 1 heterocycles. The van der Waals surface area contributed by atoms with Crippen LogP contribution in [0.2, 0.25) is 0 Å². The SMILES string of the molecule is NC(Cc1cccc2ccccc12)c1ncccn1. The van der Waals surface area contributed by atoms with Gasteiger partial charge in [-0.1, -0.05) is 42.5 Å². The fraction of sp³-hybridized carbons (Fsp3) is 0.125. The number of benzene rings is 2. The lowest BCUT2D eigenvalue weighted by Gasteiger charge is -2.12. The second kappa shape index (κ2) is 5.16. The summed E-state index contributed by atoms with van der Waals surface area (Å²) in [6.45, 7) is 0. The molecule has 1 atom stereocenters. The molecule has 0 aliphatic heterocycles. The Hall–Kier alpha value is -2.26. The molecule has 1 aromatic heterocycles. The van der Waals surface area contributed by atoms with Gasteiger partial charge in [0, 0.05) is 12.4 Å². The minimum atomic E-state index is -0.174. The Kier molecular flexibility index (Phi) is 3.21. The lowest BCUT2D eigenvalue weighted by Crippen LogP contribution is -2.16. The molecule has 0 fully saturated rings. The predicted octanol–water partition coefficient (Wildman–Crippen LogP) is 2.87. The Balaban J connectivity index is 1.94. The molecular formula is C16H15N3. The molecule has 19 heavy (non-hydrogen) atoms. The smallest absolute Gasteiger partial charge is 0.145 e. The maximum absolute atomic E-state index is 6.19. The molecule has 0 saturated carbocycles. The lowest BCUT2D eigenvalue weighted by atomic mass is 9.99. The van der Waals surface area contributed by atoms with Gasteiger partial charge in [-0.25, -0.2) is 9.97 Å². The first-order chi connectivity index (χ1) is 9.34. The van der Waals surface area contributed by atoms with E-state index < -0.39 is 0 Å². The molecule has 0 spiro atoms. The Morgan fingerprint density at radius 3 is 2.47 bits per heavy atom. The first kappa shape index (κ1) is 11.8. The van der Waals surface area contributed by atoms with E-state index >= 15 is 0 Å².